The number of rotatable bonds is 4. The van der Waals surface area contributed by atoms with Gasteiger partial charge in [0.1, 0.15) is 0 Å². The first-order valence-corrected chi connectivity index (χ1v) is 9.87. The third kappa shape index (κ3) is 2.86. The molecule has 1 fully saturated rings. The predicted molar refractivity (Wildman–Crippen MR) is 94.9 cm³/mol. The van der Waals surface area contributed by atoms with Crippen LogP contribution in [0.4, 0.5) is 0 Å². The van der Waals surface area contributed by atoms with E-state index in [2.05, 4.69) is 23.8 Å². The molecule has 1 heterocycles. The Morgan fingerprint density at radius 1 is 1.08 bits per heavy atom. The summed E-state index contributed by atoms with van der Waals surface area (Å²) in [6, 6.07) is 15.6. The molecular formula is C18H19ClN2O2S. The van der Waals surface area contributed by atoms with E-state index in [1.807, 2.05) is 30.3 Å². The Labute approximate surface area is 147 Å². The molecule has 2 aromatic carbocycles. The third-order valence-corrected chi connectivity index (χ3v) is 6.79. The lowest BCUT2D eigenvalue weighted by Crippen LogP contribution is -2.39. The van der Waals surface area contributed by atoms with E-state index in [4.69, 9.17) is 11.6 Å². The van der Waals surface area contributed by atoms with Crippen molar-refractivity contribution in [1.29, 1.82) is 0 Å². The van der Waals surface area contributed by atoms with Crippen molar-refractivity contribution in [2.24, 2.45) is 5.92 Å². The predicted octanol–water partition coefficient (Wildman–Crippen LogP) is 3.29. The van der Waals surface area contributed by atoms with Crippen LogP contribution in [0.1, 0.15) is 29.5 Å². The van der Waals surface area contributed by atoms with E-state index >= 15 is 0 Å². The fourth-order valence-corrected chi connectivity index (χ4v) is 5.24. The average Bonchev–Trinajstić information content (AvgIpc) is 2.98. The molecule has 3 atom stereocenters. The van der Waals surface area contributed by atoms with Crippen molar-refractivity contribution >= 4 is 21.8 Å². The van der Waals surface area contributed by atoms with Gasteiger partial charge in [0.25, 0.3) is 10.2 Å². The molecule has 0 unspecified atom stereocenters. The van der Waals surface area contributed by atoms with Crippen LogP contribution in [0.25, 0.3) is 0 Å². The second-order valence-electron chi connectivity index (χ2n) is 6.63. The summed E-state index contributed by atoms with van der Waals surface area (Å²) in [6.07, 6.45) is 0. The maximum Gasteiger partial charge on any atom is 0.280 e. The molecule has 4 nitrogen and oxygen atoms in total. The molecule has 0 bridgehead atoms. The SMILES string of the molecule is C[C@H]1[C@H](NS(=O)(=O)N2Cc3ccc(Cl)cc3C2)[C@H]1c1ccccc1. The largest absolute Gasteiger partial charge is 0.280 e. The van der Waals surface area contributed by atoms with Gasteiger partial charge in [-0.2, -0.15) is 17.4 Å². The average molecular weight is 363 g/mol. The Hall–Kier alpha value is -1.40. The molecule has 24 heavy (non-hydrogen) atoms. The number of benzene rings is 2. The third-order valence-electron chi connectivity index (χ3n) is 5.05. The first-order chi connectivity index (χ1) is 11.5. The van der Waals surface area contributed by atoms with Gasteiger partial charge in [0.05, 0.1) is 0 Å². The maximum atomic E-state index is 12.7. The molecule has 1 saturated carbocycles. The number of nitrogens with zero attached hydrogens (tertiary/aromatic N) is 1. The zero-order valence-corrected chi connectivity index (χ0v) is 14.9. The van der Waals surface area contributed by atoms with Crippen LogP contribution >= 0.6 is 11.6 Å². The number of fused-ring (bicyclic) bond motifs is 1. The summed E-state index contributed by atoms with van der Waals surface area (Å²) in [7, 11) is -3.51. The quantitative estimate of drug-likeness (QED) is 0.907. The number of hydrogen-bond acceptors (Lipinski definition) is 2. The Balaban J connectivity index is 1.48. The van der Waals surface area contributed by atoms with Gasteiger partial charge in [-0.3, -0.25) is 0 Å². The van der Waals surface area contributed by atoms with Gasteiger partial charge in [-0.25, -0.2) is 0 Å². The molecule has 0 aromatic heterocycles. The first kappa shape index (κ1) is 16.1. The molecule has 0 saturated heterocycles. The van der Waals surface area contributed by atoms with Crippen molar-refractivity contribution in [3.05, 3.63) is 70.2 Å². The lowest BCUT2D eigenvalue weighted by Gasteiger charge is -2.16. The molecule has 2 aromatic rings. The van der Waals surface area contributed by atoms with Crippen LogP contribution in [0.15, 0.2) is 48.5 Å². The minimum Gasteiger partial charge on any atom is -0.198 e. The summed E-state index contributed by atoms with van der Waals surface area (Å²) >= 11 is 6.00. The van der Waals surface area contributed by atoms with Crippen LogP contribution in [0.3, 0.4) is 0 Å². The summed E-state index contributed by atoms with van der Waals surface area (Å²) in [5.41, 5.74) is 3.19. The van der Waals surface area contributed by atoms with Crippen molar-refractivity contribution in [3.8, 4) is 0 Å². The van der Waals surface area contributed by atoms with Crippen LogP contribution in [0.5, 0.6) is 0 Å². The zero-order valence-electron chi connectivity index (χ0n) is 13.3. The molecule has 1 aliphatic heterocycles. The standard InChI is InChI=1S/C18H19ClN2O2S/c1-12-17(13-5-3-2-4-6-13)18(12)20-24(22,23)21-10-14-7-8-16(19)9-15(14)11-21/h2-9,12,17-18,20H,10-11H2,1H3/t12-,17-,18+/m1/s1. The van der Waals surface area contributed by atoms with Crippen molar-refractivity contribution in [2.75, 3.05) is 0 Å². The van der Waals surface area contributed by atoms with Gasteiger partial charge in [-0.15, -0.1) is 0 Å². The lowest BCUT2D eigenvalue weighted by molar-refractivity contribution is 0.420. The second-order valence-corrected chi connectivity index (χ2v) is 8.76. The molecule has 0 radical (unpaired) electrons. The molecule has 2 aliphatic rings. The fraction of sp³-hybridized carbons (Fsp3) is 0.333. The molecule has 0 spiro atoms. The van der Waals surface area contributed by atoms with Gasteiger partial charge < -0.3 is 0 Å². The van der Waals surface area contributed by atoms with E-state index in [0.29, 0.717) is 24.0 Å². The second kappa shape index (κ2) is 5.85. The van der Waals surface area contributed by atoms with Gasteiger partial charge >= 0.3 is 0 Å². The molecule has 0 amide bonds. The molecule has 1 aliphatic carbocycles. The molecule has 4 rings (SSSR count). The molecule has 126 valence electrons. The maximum absolute atomic E-state index is 12.7. The highest BCUT2D eigenvalue weighted by Crippen LogP contribution is 2.47. The van der Waals surface area contributed by atoms with Gasteiger partial charge in [-0.1, -0.05) is 54.9 Å². The first-order valence-electron chi connectivity index (χ1n) is 8.05. The van der Waals surface area contributed by atoms with Crippen LogP contribution < -0.4 is 4.72 Å². The number of halogens is 1. The van der Waals surface area contributed by atoms with E-state index < -0.39 is 10.2 Å². The van der Waals surface area contributed by atoms with Gasteiger partial charge in [0.15, 0.2) is 0 Å². The van der Waals surface area contributed by atoms with Crippen LogP contribution in [-0.4, -0.2) is 18.8 Å². The smallest absolute Gasteiger partial charge is 0.198 e. The highest BCUT2D eigenvalue weighted by atomic mass is 35.5. The minimum atomic E-state index is -3.51. The topological polar surface area (TPSA) is 49.4 Å². The number of nitrogens with one attached hydrogen (secondary N) is 1. The molecule has 6 heteroatoms. The van der Waals surface area contributed by atoms with Crippen molar-refractivity contribution in [1.82, 2.24) is 9.03 Å². The van der Waals surface area contributed by atoms with E-state index in [1.54, 1.807) is 6.07 Å². The van der Waals surface area contributed by atoms with Crippen LogP contribution in [-0.2, 0) is 23.3 Å². The Morgan fingerprint density at radius 3 is 2.54 bits per heavy atom. The Bertz CT molecular complexity index is 870. The fourth-order valence-electron chi connectivity index (χ4n) is 3.58. The van der Waals surface area contributed by atoms with Crippen LogP contribution in [0, 0.1) is 5.92 Å². The monoisotopic (exact) mass is 362 g/mol. The van der Waals surface area contributed by atoms with Crippen molar-refractivity contribution < 1.29 is 8.42 Å². The summed E-state index contributed by atoms with van der Waals surface area (Å²) in [5.74, 6) is 0.557. The van der Waals surface area contributed by atoms with E-state index in [1.165, 1.54) is 9.87 Å². The van der Waals surface area contributed by atoms with E-state index in [-0.39, 0.29) is 12.0 Å². The molecular weight excluding hydrogens is 344 g/mol. The normalized spacial score (nSPS) is 26.3. The van der Waals surface area contributed by atoms with E-state index in [0.717, 1.165) is 11.1 Å². The Kier molecular flexibility index (Phi) is 3.92. The van der Waals surface area contributed by atoms with Gasteiger partial charge in [0.2, 0.25) is 0 Å². The Morgan fingerprint density at radius 2 is 1.79 bits per heavy atom. The van der Waals surface area contributed by atoms with Crippen molar-refractivity contribution in [3.63, 3.8) is 0 Å². The molecule has 1 N–H and O–H groups in total. The highest BCUT2D eigenvalue weighted by Gasteiger charge is 2.50. The highest BCUT2D eigenvalue weighted by molar-refractivity contribution is 7.87. The zero-order chi connectivity index (χ0) is 16.9. The summed E-state index contributed by atoms with van der Waals surface area (Å²) in [5, 5.41) is 0.640. The van der Waals surface area contributed by atoms with E-state index in [9.17, 15) is 8.42 Å². The summed E-state index contributed by atoms with van der Waals surface area (Å²) < 4.78 is 29.9. The number of hydrogen-bond donors (Lipinski definition) is 1. The summed E-state index contributed by atoms with van der Waals surface area (Å²) in [6.45, 7) is 2.87. The van der Waals surface area contributed by atoms with Gasteiger partial charge in [0, 0.05) is 30.1 Å². The lowest BCUT2D eigenvalue weighted by atomic mass is 10.1. The minimum absolute atomic E-state index is 0.0373. The van der Waals surface area contributed by atoms with Crippen molar-refractivity contribution in [2.45, 2.75) is 32.0 Å². The summed E-state index contributed by atoms with van der Waals surface area (Å²) in [4.78, 5) is 0. The van der Waals surface area contributed by atoms with Crippen LogP contribution in [0.2, 0.25) is 5.02 Å². The van der Waals surface area contributed by atoms with Gasteiger partial charge in [-0.05, 0) is 34.7 Å².